The summed E-state index contributed by atoms with van der Waals surface area (Å²) in [5.74, 6) is 0.390. The zero-order valence-corrected chi connectivity index (χ0v) is 20.9. The first-order valence-corrected chi connectivity index (χ1v) is 12.7. The zero-order chi connectivity index (χ0) is 23.1. The quantitative estimate of drug-likeness (QED) is 0.699. The summed E-state index contributed by atoms with van der Waals surface area (Å²) in [5, 5.41) is 15.6. The van der Waals surface area contributed by atoms with Crippen LogP contribution in [-0.4, -0.2) is 53.7 Å². The van der Waals surface area contributed by atoms with Crippen molar-refractivity contribution in [2.24, 2.45) is 0 Å². The van der Waals surface area contributed by atoms with Gasteiger partial charge >= 0.3 is 0 Å². The van der Waals surface area contributed by atoms with E-state index in [9.17, 15) is 9.90 Å². The van der Waals surface area contributed by atoms with Crippen LogP contribution in [0.1, 0.15) is 75.4 Å². The largest absolute Gasteiger partial charge is 0.394 e. The standard InChI is InChI=1S/C26H37N3O2S/c1-25(2)10-11-26(3,4)20-14-18(6-7-19(20)25)22-16-32-23(28-22)17-8-12-29(13-9-17)24(31)21(15-30)27-5/h6-7,14,16-17,21,27,30H,8-13,15H2,1-5H3/t21-/m0/s1. The Morgan fingerprint density at radius 3 is 2.47 bits per heavy atom. The number of carbonyl (C=O) groups is 1. The second-order valence-corrected chi connectivity index (χ2v) is 11.6. The van der Waals surface area contributed by atoms with Crippen LogP contribution in [0.25, 0.3) is 11.3 Å². The number of amides is 1. The summed E-state index contributed by atoms with van der Waals surface area (Å²) in [6.45, 7) is 10.7. The van der Waals surface area contributed by atoms with Gasteiger partial charge < -0.3 is 15.3 Å². The number of likely N-dealkylation sites (N-methyl/N-ethyl adjacent to an activating group) is 1. The van der Waals surface area contributed by atoms with Gasteiger partial charge in [-0.15, -0.1) is 11.3 Å². The van der Waals surface area contributed by atoms with Crippen molar-refractivity contribution in [3.63, 3.8) is 0 Å². The summed E-state index contributed by atoms with van der Waals surface area (Å²) in [4.78, 5) is 19.4. The first-order chi connectivity index (χ1) is 15.2. The minimum absolute atomic E-state index is 0.00660. The molecule has 1 aliphatic carbocycles. The number of fused-ring (bicyclic) bond motifs is 1. The lowest BCUT2D eigenvalue weighted by Gasteiger charge is -2.42. The first kappa shape index (κ1) is 23.4. The van der Waals surface area contributed by atoms with E-state index in [4.69, 9.17) is 4.98 Å². The molecular weight excluding hydrogens is 418 g/mol. The lowest BCUT2D eigenvalue weighted by Crippen LogP contribution is -2.49. The average Bonchev–Trinajstić information content (AvgIpc) is 3.28. The normalized spacial score (nSPS) is 21.2. The van der Waals surface area contributed by atoms with Crippen LogP contribution >= 0.6 is 11.3 Å². The molecule has 2 heterocycles. The molecule has 0 saturated carbocycles. The van der Waals surface area contributed by atoms with Crippen LogP contribution in [0.4, 0.5) is 0 Å². The number of rotatable bonds is 5. The smallest absolute Gasteiger partial charge is 0.242 e. The van der Waals surface area contributed by atoms with Gasteiger partial charge in [-0.3, -0.25) is 4.79 Å². The Hall–Kier alpha value is -1.76. The summed E-state index contributed by atoms with van der Waals surface area (Å²) in [6.07, 6.45) is 4.28. The molecule has 2 aliphatic rings. The average molecular weight is 456 g/mol. The molecule has 1 fully saturated rings. The Morgan fingerprint density at radius 1 is 1.19 bits per heavy atom. The Morgan fingerprint density at radius 2 is 1.84 bits per heavy atom. The van der Waals surface area contributed by atoms with Crippen molar-refractivity contribution in [2.75, 3.05) is 26.7 Å². The third kappa shape index (κ3) is 4.37. The van der Waals surface area contributed by atoms with E-state index in [0.29, 0.717) is 5.92 Å². The molecule has 32 heavy (non-hydrogen) atoms. The number of benzene rings is 1. The molecule has 174 valence electrons. The molecule has 1 aliphatic heterocycles. The van der Waals surface area contributed by atoms with Crippen LogP contribution in [0, 0.1) is 0 Å². The second kappa shape index (κ2) is 8.88. The molecule has 1 saturated heterocycles. The zero-order valence-electron chi connectivity index (χ0n) is 20.1. The molecule has 0 unspecified atom stereocenters. The lowest BCUT2D eigenvalue weighted by atomic mass is 9.63. The van der Waals surface area contributed by atoms with E-state index in [1.807, 2.05) is 4.90 Å². The molecule has 1 aromatic carbocycles. The highest BCUT2D eigenvalue weighted by Crippen LogP contribution is 2.47. The van der Waals surface area contributed by atoms with Crippen LogP contribution in [0.5, 0.6) is 0 Å². The van der Waals surface area contributed by atoms with Gasteiger partial charge in [0.2, 0.25) is 5.91 Å². The Kier molecular flexibility index (Phi) is 6.49. The molecule has 0 bridgehead atoms. The molecule has 1 atom stereocenters. The number of nitrogens with one attached hydrogen (secondary N) is 1. The molecule has 0 spiro atoms. The summed E-state index contributed by atoms with van der Waals surface area (Å²) in [6, 6.07) is 6.45. The SMILES string of the molecule is CN[C@@H](CO)C(=O)N1CCC(c2nc(-c3ccc4c(c3)C(C)(C)CCC4(C)C)cs2)CC1. The van der Waals surface area contributed by atoms with Crippen molar-refractivity contribution in [3.05, 3.63) is 39.7 Å². The Balaban J connectivity index is 1.49. The van der Waals surface area contributed by atoms with Gasteiger partial charge in [-0.25, -0.2) is 4.98 Å². The molecule has 1 amide bonds. The van der Waals surface area contributed by atoms with Crippen LogP contribution in [0.15, 0.2) is 23.6 Å². The number of hydrogen-bond donors (Lipinski definition) is 2. The van der Waals surface area contributed by atoms with Gasteiger partial charge in [0.25, 0.3) is 0 Å². The maximum absolute atomic E-state index is 12.5. The van der Waals surface area contributed by atoms with Gasteiger partial charge in [0.1, 0.15) is 6.04 Å². The van der Waals surface area contributed by atoms with E-state index in [2.05, 4.69) is 56.6 Å². The number of aliphatic hydroxyl groups excluding tert-OH is 1. The summed E-state index contributed by atoms with van der Waals surface area (Å²) >= 11 is 1.75. The van der Waals surface area contributed by atoms with E-state index in [1.165, 1.54) is 34.5 Å². The summed E-state index contributed by atoms with van der Waals surface area (Å²) < 4.78 is 0. The van der Waals surface area contributed by atoms with E-state index in [1.54, 1.807) is 18.4 Å². The number of hydrogen-bond acceptors (Lipinski definition) is 5. The van der Waals surface area contributed by atoms with E-state index in [0.717, 1.165) is 31.6 Å². The molecule has 1 aromatic heterocycles. The van der Waals surface area contributed by atoms with Crippen molar-refractivity contribution < 1.29 is 9.90 Å². The molecule has 5 nitrogen and oxygen atoms in total. The molecule has 2 N–H and O–H groups in total. The highest BCUT2D eigenvalue weighted by atomic mass is 32.1. The van der Waals surface area contributed by atoms with E-state index < -0.39 is 6.04 Å². The van der Waals surface area contributed by atoms with Crippen LogP contribution in [0.3, 0.4) is 0 Å². The number of thiazole rings is 1. The molecule has 4 rings (SSSR count). The highest BCUT2D eigenvalue weighted by molar-refractivity contribution is 7.10. The number of aliphatic hydroxyl groups is 1. The predicted octanol–water partition coefficient (Wildman–Crippen LogP) is 4.45. The van der Waals surface area contributed by atoms with Crippen LogP contribution in [-0.2, 0) is 15.6 Å². The van der Waals surface area contributed by atoms with Gasteiger partial charge in [-0.2, -0.15) is 0 Å². The van der Waals surface area contributed by atoms with Gasteiger partial charge in [-0.05, 0) is 60.8 Å². The molecule has 6 heteroatoms. The van der Waals surface area contributed by atoms with Crippen molar-refractivity contribution in [3.8, 4) is 11.3 Å². The first-order valence-electron chi connectivity index (χ1n) is 11.8. The fourth-order valence-corrected chi connectivity index (χ4v) is 6.22. The molecular formula is C26H37N3O2S. The topological polar surface area (TPSA) is 65.5 Å². The summed E-state index contributed by atoms with van der Waals surface area (Å²) in [5.41, 5.74) is 5.65. The van der Waals surface area contributed by atoms with Crippen LogP contribution < -0.4 is 5.32 Å². The fourth-order valence-electron chi connectivity index (χ4n) is 5.22. The van der Waals surface area contributed by atoms with Gasteiger partial charge in [0, 0.05) is 30.0 Å². The van der Waals surface area contributed by atoms with E-state index in [-0.39, 0.29) is 23.3 Å². The third-order valence-electron chi connectivity index (χ3n) is 7.66. The molecule has 0 radical (unpaired) electrons. The Bertz CT molecular complexity index is 969. The minimum Gasteiger partial charge on any atom is -0.394 e. The summed E-state index contributed by atoms with van der Waals surface area (Å²) in [7, 11) is 1.71. The maximum Gasteiger partial charge on any atom is 0.242 e. The van der Waals surface area contributed by atoms with Crippen molar-refractivity contribution in [1.29, 1.82) is 0 Å². The van der Waals surface area contributed by atoms with Crippen LogP contribution in [0.2, 0.25) is 0 Å². The third-order valence-corrected chi connectivity index (χ3v) is 8.66. The minimum atomic E-state index is -0.503. The maximum atomic E-state index is 12.5. The van der Waals surface area contributed by atoms with Crippen molar-refractivity contribution >= 4 is 17.2 Å². The number of piperidine rings is 1. The number of nitrogens with zero attached hydrogens (tertiary/aromatic N) is 2. The van der Waals surface area contributed by atoms with Gasteiger partial charge in [0.15, 0.2) is 0 Å². The number of carbonyl (C=O) groups excluding carboxylic acids is 1. The van der Waals surface area contributed by atoms with Crippen molar-refractivity contribution in [1.82, 2.24) is 15.2 Å². The Labute approximate surface area is 196 Å². The number of likely N-dealkylation sites (tertiary alicyclic amines) is 1. The fraction of sp³-hybridized carbons (Fsp3) is 0.615. The second-order valence-electron chi connectivity index (χ2n) is 10.7. The van der Waals surface area contributed by atoms with Gasteiger partial charge in [0.05, 0.1) is 17.3 Å². The highest BCUT2D eigenvalue weighted by Gasteiger charge is 2.37. The predicted molar refractivity (Wildman–Crippen MR) is 131 cm³/mol. The number of aromatic nitrogens is 1. The van der Waals surface area contributed by atoms with Crippen molar-refractivity contribution in [2.45, 2.75) is 76.2 Å². The molecule has 2 aromatic rings. The van der Waals surface area contributed by atoms with Gasteiger partial charge in [-0.1, -0.05) is 39.8 Å². The lowest BCUT2D eigenvalue weighted by molar-refractivity contribution is -0.135. The van der Waals surface area contributed by atoms with E-state index >= 15 is 0 Å². The monoisotopic (exact) mass is 455 g/mol.